The molecule has 3 heterocycles. The first-order valence-corrected chi connectivity index (χ1v) is 11.0. The van der Waals surface area contributed by atoms with Crippen LogP contribution in [0.2, 0.25) is 0 Å². The van der Waals surface area contributed by atoms with Gasteiger partial charge in [-0.25, -0.2) is 0 Å². The molecule has 1 atom stereocenters. The zero-order chi connectivity index (χ0) is 20.9. The lowest BCUT2D eigenvalue weighted by Gasteiger charge is -2.13. The van der Waals surface area contributed by atoms with Gasteiger partial charge in [0.05, 0.1) is 24.6 Å². The van der Waals surface area contributed by atoms with Crippen LogP contribution in [0.25, 0.3) is 11.6 Å². The Morgan fingerprint density at radius 1 is 1.17 bits per heavy atom. The van der Waals surface area contributed by atoms with Gasteiger partial charge in [-0.3, -0.25) is 9.36 Å². The summed E-state index contributed by atoms with van der Waals surface area (Å²) in [5.41, 5.74) is 1.10. The predicted molar refractivity (Wildman–Crippen MR) is 117 cm³/mol. The second-order valence-corrected chi connectivity index (χ2v) is 8.63. The number of aromatic nitrogens is 3. The Kier molecular flexibility index (Phi) is 6.39. The fraction of sp³-hybridized carbons (Fsp3) is 0.190. The number of thioether (sulfide) groups is 1. The van der Waals surface area contributed by atoms with Gasteiger partial charge in [0.1, 0.15) is 5.76 Å². The van der Waals surface area contributed by atoms with Crippen molar-refractivity contribution in [2.75, 3.05) is 0 Å². The van der Waals surface area contributed by atoms with Gasteiger partial charge in [0.2, 0.25) is 11.7 Å². The number of nitrogens with zero attached hydrogens (tertiary/aromatic N) is 3. The highest BCUT2D eigenvalue weighted by Gasteiger charge is 2.22. The van der Waals surface area contributed by atoms with Crippen LogP contribution in [0.3, 0.4) is 0 Å². The van der Waals surface area contributed by atoms with Gasteiger partial charge in [0, 0.05) is 0 Å². The Morgan fingerprint density at radius 3 is 2.70 bits per heavy atom. The molecule has 3 aromatic heterocycles. The maximum atomic E-state index is 12.5. The monoisotopic (exact) mass is 486 g/mol. The van der Waals surface area contributed by atoms with Gasteiger partial charge in [-0.2, -0.15) is 0 Å². The van der Waals surface area contributed by atoms with E-state index in [1.807, 2.05) is 60.0 Å². The van der Waals surface area contributed by atoms with E-state index in [1.54, 1.807) is 12.3 Å². The first kappa shape index (κ1) is 20.5. The number of amides is 1. The molecule has 1 N–H and O–H groups in total. The molecule has 4 rings (SSSR count). The predicted octanol–water partition coefficient (Wildman–Crippen LogP) is 4.74. The van der Waals surface area contributed by atoms with E-state index in [0.29, 0.717) is 40.3 Å². The van der Waals surface area contributed by atoms with Crippen LogP contribution in [-0.4, -0.2) is 25.9 Å². The normalized spacial score (nSPS) is 12.1. The molecule has 0 saturated carbocycles. The minimum atomic E-state index is -0.366. The number of rotatable bonds is 8. The fourth-order valence-electron chi connectivity index (χ4n) is 2.84. The van der Waals surface area contributed by atoms with Crippen LogP contribution in [0.4, 0.5) is 0 Å². The molecule has 0 fully saturated rings. The molecule has 0 saturated heterocycles. The van der Waals surface area contributed by atoms with Gasteiger partial charge in [0.15, 0.2) is 15.6 Å². The highest BCUT2D eigenvalue weighted by atomic mass is 79.9. The molecule has 0 aliphatic heterocycles. The molecule has 1 amide bonds. The van der Waals surface area contributed by atoms with Crippen LogP contribution in [-0.2, 0) is 17.9 Å². The Labute approximate surface area is 186 Å². The van der Waals surface area contributed by atoms with Gasteiger partial charge in [0.25, 0.3) is 0 Å². The van der Waals surface area contributed by atoms with E-state index >= 15 is 0 Å². The molecule has 4 aromatic rings. The van der Waals surface area contributed by atoms with Gasteiger partial charge in [-0.1, -0.05) is 42.1 Å². The van der Waals surface area contributed by atoms with Crippen molar-refractivity contribution in [3.8, 4) is 11.6 Å². The third kappa shape index (κ3) is 4.85. The van der Waals surface area contributed by atoms with Gasteiger partial charge in [-0.05, 0) is 52.7 Å². The topological polar surface area (TPSA) is 86.1 Å². The average molecular weight is 487 g/mol. The van der Waals surface area contributed by atoms with Crippen LogP contribution in [0.5, 0.6) is 0 Å². The van der Waals surface area contributed by atoms with Gasteiger partial charge < -0.3 is 14.2 Å². The third-order valence-corrected chi connectivity index (χ3v) is 5.87. The second-order valence-electron chi connectivity index (χ2n) is 6.54. The zero-order valence-corrected chi connectivity index (χ0v) is 18.5. The lowest BCUT2D eigenvalue weighted by atomic mass is 10.2. The summed E-state index contributed by atoms with van der Waals surface area (Å²) in [7, 11) is 0. The second kappa shape index (κ2) is 9.36. The highest BCUT2D eigenvalue weighted by Crippen LogP contribution is 2.30. The Bertz CT molecular complexity index is 1110. The summed E-state index contributed by atoms with van der Waals surface area (Å²) >= 11 is 4.68. The molecule has 0 radical (unpaired) electrons. The number of halogens is 1. The summed E-state index contributed by atoms with van der Waals surface area (Å²) in [6, 6.07) is 17.3. The maximum Gasteiger partial charge on any atom is 0.233 e. The molecule has 9 heteroatoms. The van der Waals surface area contributed by atoms with E-state index in [-0.39, 0.29) is 11.2 Å². The number of furan rings is 2. The van der Waals surface area contributed by atoms with Crippen LogP contribution in [0, 0.1) is 0 Å². The molecule has 0 aliphatic rings. The lowest BCUT2D eigenvalue weighted by molar-refractivity contribution is -0.120. The fourth-order valence-corrected chi connectivity index (χ4v) is 4.02. The number of nitrogens with one attached hydrogen (secondary N) is 1. The number of hydrogen-bond acceptors (Lipinski definition) is 6. The number of hydrogen-bond donors (Lipinski definition) is 1. The molecule has 1 unspecified atom stereocenters. The first-order chi connectivity index (χ1) is 14.6. The molecule has 0 spiro atoms. The van der Waals surface area contributed by atoms with E-state index in [4.69, 9.17) is 8.83 Å². The summed E-state index contributed by atoms with van der Waals surface area (Å²) in [4.78, 5) is 12.5. The van der Waals surface area contributed by atoms with Gasteiger partial charge in [-0.15, -0.1) is 10.2 Å². The maximum absolute atomic E-state index is 12.5. The number of carbonyl (C=O) groups excluding carboxylic acids is 1. The van der Waals surface area contributed by atoms with Crippen molar-refractivity contribution in [3.05, 3.63) is 76.9 Å². The smallest absolute Gasteiger partial charge is 0.233 e. The summed E-state index contributed by atoms with van der Waals surface area (Å²) in [5, 5.41) is 11.8. The van der Waals surface area contributed by atoms with E-state index in [0.717, 1.165) is 5.56 Å². The third-order valence-electron chi connectivity index (χ3n) is 4.36. The largest absolute Gasteiger partial charge is 0.467 e. The van der Waals surface area contributed by atoms with Crippen molar-refractivity contribution in [1.82, 2.24) is 20.1 Å². The SMILES string of the molecule is CC(Sc1nnc(-c2ccc(Br)o2)n1Cc1ccccc1)C(=O)NCc1ccco1. The highest BCUT2D eigenvalue weighted by molar-refractivity contribution is 9.10. The number of benzene rings is 1. The Morgan fingerprint density at radius 2 is 2.00 bits per heavy atom. The molecule has 7 nitrogen and oxygen atoms in total. The van der Waals surface area contributed by atoms with Crippen LogP contribution in [0.1, 0.15) is 18.2 Å². The zero-order valence-electron chi connectivity index (χ0n) is 16.1. The van der Waals surface area contributed by atoms with Crippen LogP contribution >= 0.6 is 27.7 Å². The summed E-state index contributed by atoms with van der Waals surface area (Å²) in [6.45, 7) is 2.75. The first-order valence-electron chi connectivity index (χ1n) is 9.30. The molecular weight excluding hydrogens is 468 g/mol. The van der Waals surface area contributed by atoms with Crippen LogP contribution in [0.15, 0.2) is 79.5 Å². The van der Waals surface area contributed by atoms with E-state index in [2.05, 4.69) is 31.4 Å². The van der Waals surface area contributed by atoms with Crippen molar-refractivity contribution in [3.63, 3.8) is 0 Å². The average Bonchev–Trinajstić information content (AvgIpc) is 3.49. The van der Waals surface area contributed by atoms with E-state index < -0.39 is 0 Å². The quantitative estimate of drug-likeness (QED) is 0.362. The summed E-state index contributed by atoms with van der Waals surface area (Å²) in [6.07, 6.45) is 1.58. The molecule has 1 aromatic carbocycles. The standard InChI is InChI=1S/C21H19BrN4O3S/c1-14(20(27)23-12-16-8-5-11-28-16)30-21-25-24-19(17-9-10-18(22)29-17)26(21)13-15-6-3-2-4-7-15/h2-11,14H,12-13H2,1H3,(H,23,27). The summed E-state index contributed by atoms with van der Waals surface area (Å²) < 4.78 is 13.5. The summed E-state index contributed by atoms with van der Waals surface area (Å²) in [5.74, 6) is 1.81. The lowest BCUT2D eigenvalue weighted by Crippen LogP contribution is -2.30. The van der Waals surface area contributed by atoms with Crippen LogP contribution < -0.4 is 5.32 Å². The molecule has 30 heavy (non-hydrogen) atoms. The van der Waals surface area contributed by atoms with Crippen molar-refractivity contribution >= 4 is 33.6 Å². The van der Waals surface area contributed by atoms with Gasteiger partial charge >= 0.3 is 0 Å². The number of carbonyl (C=O) groups is 1. The minimum absolute atomic E-state index is 0.104. The molecular formula is C21H19BrN4O3S. The Balaban J connectivity index is 1.54. The van der Waals surface area contributed by atoms with E-state index in [1.165, 1.54) is 11.8 Å². The minimum Gasteiger partial charge on any atom is -0.467 e. The van der Waals surface area contributed by atoms with Crippen molar-refractivity contribution < 1.29 is 13.6 Å². The Hall–Kier alpha value is -2.78. The van der Waals surface area contributed by atoms with Crippen molar-refractivity contribution in [2.45, 2.75) is 30.4 Å². The van der Waals surface area contributed by atoms with E-state index in [9.17, 15) is 4.79 Å². The molecule has 154 valence electrons. The van der Waals surface area contributed by atoms with Crippen molar-refractivity contribution in [2.24, 2.45) is 0 Å². The molecule has 0 bridgehead atoms. The molecule has 0 aliphatic carbocycles. The van der Waals surface area contributed by atoms with Crippen molar-refractivity contribution in [1.29, 1.82) is 0 Å².